The lowest BCUT2D eigenvalue weighted by Gasteiger charge is -2.37. The average molecular weight is 291 g/mol. The predicted molar refractivity (Wildman–Crippen MR) is 73.7 cm³/mol. The van der Waals surface area contributed by atoms with Gasteiger partial charge in [-0.2, -0.15) is 0 Å². The van der Waals surface area contributed by atoms with Crippen LogP contribution < -0.4 is 5.73 Å². The second-order valence-corrected chi connectivity index (χ2v) is 5.82. The Bertz CT molecular complexity index is 407. The Labute approximate surface area is 117 Å². The van der Waals surface area contributed by atoms with Gasteiger partial charge in [-0.25, -0.2) is 4.39 Å². The minimum absolute atomic E-state index is 0.164. The molecule has 100 valence electrons. The number of halogens is 3. The van der Waals surface area contributed by atoms with Crippen LogP contribution in [0.5, 0.6) is 0 Å². The first-order valence-electron chi connectivity index (χ1n) is 6.05. The zero-order valence-electron chi connectivity index (χ0n) is 10.3. The Morgan fingerprint density at radius 2 is 1.72 bits per heavy atom. The molecule has 1 aliphatic rings. The molecular weight excluding hydrogens is 274 g/mol. The van der Waals surface area contributed by atoms with E-state index in [9.17, 15) is 4.39 Å². The summed E-state index contributed by atoms with van der Waals surface area (Å²) in [5.74, 6) is -1.51. The quantitative estimate of drug-likeness (QED) is 0.840. The summed E-state index contributed by atoms with van der Waals surface area (Å²) in [6, 6.07) is 5.68. The Morgan fingerprint density at radius 3 is 2.22 bits per heavy atom. The zero-order chi connectivity index (χ0) is 13.3. The molecule has 2 rings (SSSR count). The SMILES string of the molecule is CC(c1cc(Cl)cc(Cl)c1)N1CCC(N)(F)CC1. The van der Waals surface area contributed by atoms with Crippen molar-refractivity contribution in [1.82, 2.24) is 4.90 Å². The number of likely N-dealkylation sites (tertiary alicyclic amines) is 1. The summed E-state index contributed by atoms with van der Waals surface area (Å²) < 4.78 is 13.5. The number of piperidine rings is 1. The normalized spacial score (nSPS) is 21.8. The highest BCUT2D eigenvalue weighted by molar-refractivity contribution is 6.34. The van der Waals surface area contributed by atoms with Crippen molar-refractivity contribution >= 4 is 23.2 Å². The Morgan fingerprint density at radius 1 is 1.22 bits per heavy atom. The molecule has 1 saturated heterocycles. The van der Waals surface area contributed by atoms with E-state index in [1.165, 1.54) is 0 Å². The molecule has 1 unspecified atom stereocenters. The maximum absolute atomic E-state index is 13.5. The van der Waals surface area contributed by atoms with Gasteiger partial charge in [0, 0.05) is 42.0 Å². The molecule has 2 nitrogen and oxygen atoms in total. The lowest BCUT2D eigenvalue weighted by atomic mass is 9.99. The highest BCUT2D eigenvalue weighted by atomic mass is 35.5. The van der Waals surface area contributed by atoms with E-state index in [1.807, 2.05) is 12.1 Å². The number of rotatable bonds is 2. The molecule has 0 saturated carbocycles. The number of nitrogens with zero attached hydrogens (tertiary/aromatic N) is 1. The van der Waals surface area contributed by atoms with Crippen LogP contribution in [0, 0.1) is 0 Å². The van der Waals surface area contributed by atoms with E-state index in [0.29, 0.717) is 36.0 Å². The van der Waals surface area contributed by atoms with Crippen LogP contribution in [-0.2, 0) is 0 Å². The second-order valence-electron chi connectivity index (χ2n) is 4.95. The first-order valence-corrected chi connectivity index (χ1v) is 6.81. The fraction of sp³-hybridized carbons (Fsp3) is 0.538. The number of hydrogen-bond donors (Lipinski definition) is 1. The lowest BCUT2D eigenvalue weighted by molar-refractivity contribution is 0.0461. The first-order chi connectivity index (χ1) is 8.37. The van der Waals surface area contributed by atoms with E-state index in [2.05, 4.69) is 11.8 Å². The highest BCUT2D eigenvalue weighted by Gasteiger charge is 2.32. The molecular formula is C13H17Cl2FN2. The predicted octanol–water partition coefficient (Wildman–Crippen LogP) is 3.77. The van der Waals surface area contributed by atoms with Crippen molar-refractivity contribution in [3.8, 4) is 0 Å². The van der Waals surface area contributed by atoms with E-state index >= 15 is 0 Å². The third kappa shape index (κ3) is 3.35. The van der Waals surface area contributed by atoms with Crippen LogP contribution in [0.2, 0.25) is 10.0 Å². The van der Waals surface area contributed by atoms with Crippen LogP contribution >= 0.6 is 23.2 Å². The molecule has 2 N–H and O–H groups in total. The van der Waals surface area contributed by atoms with E-state index in [0.717, 1.165) is 5.56 Å². The van der Waals surface area contributed by atoms with Gasteiger partial charge in [0.2, 0.25) is 0 Å². The average Bonchev–Trinajstić information content (AvgIpc) is 2.27. The summed E-state index contributed by atoms with van der Waals surface area (Å²) in [5.41, 5.74) is 6.54. The Kier molecular flexibility index (Phi) is 4.17. The van der Waals surface area contributed by atoms with Gasteiger partial charge in [0.15, 0.2) is 5.79 Å². The molecule has 0 aliphatic carbocycles. The van der Waals surface area contributed by atoms with Crippen molar-refractivity contribution < 1.29 is 4.39 Å². The van der Waals surface area contributed by atoms with Gasteiger partial charge >= 0.3 is 0 Å². The van der Waals surface area contributed by atoms with Crippen LogP contribution in [0.4, 0.5) is 4.39 Å². The van der Waals surface area contributed by atoms with Gasteiger partial charge in [-0.1, -0.05) is 23.2 Å². The smallest absolute Gasteiger partial charge is 0.161 e. The molecule has 1 fully saturated rings. The molecule has 1 atom stereocenters. The van der Waals surface area contributed by atoms with Crippen LogP contribution in [0.3, 0.4) is 0 Å². The standard InChI is InChI=1S/C13H17Cl2FN2/c1-9(10-6-11(14)8-12(15)7-10)18-4-2-13(16,17)3-5-18/h6-9H,2-5,17H2,1H3. The summed E-state index contributed by atoms with van der Waals surface area (Å²) in [6.07, 6.45) is 0.733. The maximum atomic E-state index is 13.5. The Hall–Kier alpha value is -0.350. The van der Waals surface area contributed by atoms with Crippen LogP contribution in [0.15, 0.2) is 18.2 Å². The van der Waals surface area contributed by atoms with Crippen molar-refractivity contribution in [3.05, 3.63) is 33.8 Å². The van der Waals surface area contributed by atoms with Crippen molar-refractivity contribution in [2.75, 3.05) is 13.1 Å². The zero-order valence-corrected chi connectivity index (χ0v) is 11.8. The molecule has 0 spiro atoms. The van der Waals surface area contributed by atoms with Crippen molar-refractivity contribution in [3.63, 3.8) is 0 Å². The molecule has 0 radical (unpaired) electrons. The molecule has 5 heteroatoms. The minimum atomic E-state index is -1.51. The number of nitrogens with two attached hydrogens (primary N) is 1. The monoisotopic (exact) mass is 290 g/mol. The summed E-state index contributed by atoms with van der Waals surface area (Å²) in [5, 5.41) is 1.25. The van der Waals surface area contributed by atoms with Gasteiger partial charge in [-0.05, 0) is 30.7 Å². The first kappa shape index (κ1) is 14.1. The third-order valence-electron chi connectivity index (χ3n) is 3.54. The molecule has 0 aromatic heterocycles. The van der Waals surface area contributed by atoms with Crippen LogP contribution in [0.1, 0.15) is 31.4 Å². The minimum Gasteiger partial charge on any atom is -0.299 e. The summed E-state index contributed by atoms with van der Waals surface area (Å²) in [7, 11) is 0. The number of alkyl halides is 1. The Balaban J connectivity index is 2.09. The maximum Gasteiger partial charge on any atom is 0.161 e. The van der Waals surface area contributed by atoms with Gasteiger partial charge in [0.1, 0.15) is 0 Å². The fourth-order valence-electron chi connectivity index (χ4n) is 2.31. The van der Waals surface area contributed by atoms with E-state index in [4.69, 9.17) is 28.9 Å². The van der Waals surface area contributed by atoms with Gasteiger partial charge < -0.3 is 0 Å². The third-order valence-corrected chi connectivity index (χ3v) is 3.98. The van der Waals surface area contributed by atoms with Gasteiger partial charge in [-0.15, -0.1) is 0 Å². The number of hydrogen-bond acceptors (Lipinski definition) is 2. The highest BCUT2D eigenvalue weighted by Crippen LogP contribution is 2.30. The van der Waals surface area contributed by atoms with E-state index < -0.39 is 5.79 Å². The summed E-state index contributed by atoms with van der Waals surface area (Å²) in [6.45, 7) is 3.38. The molecule has 1 heterocycles. The van der Waals surface area contributed by atoms with Gasteiger partial charge in [0.05, 0.1) is 0 Å². The van der Waals surface area contributed by atoms with E-state index in [1.54, 1.807) is 6.07 Å². The topological polar surface area (TPSA) is 29.3 Å². The van der Waals surface area contributed by atoms with Crippen molar-refractivity contribution in [2.45, 2.75) is 31.6 Å². The van der Waals surface area contributed by atoms with Crippen LogP contribution in [-0.4, -0.2) is 23.8 Å². The summed E-state index contributed by atoms with van der Waals surface area (Å²) >= 11 is 12.0. The lowest BCUT2D eigenvalue weighted by Crippen LogP contribution is -2.47. The number of benzene rings is 1. The van der Waals surface area contributed by atoms with Gasteiger partial charge in [0.25, 0.3) is 0 Å². The molecule has 1 aromatic carbocycles. The van der Waals surface area contributed by atoms with E-state index in [-0.39, 0.29) is 6.04 Å². The second kappa shape index (κ2) is 5.33. The van der Waals surface area contributed by atoms with Crippen molar-refractivity contribution in [2.24, 2.45) is 5.73 Å². The van der Waals surface area contributed by atoms with Crippen LogP contribution in [0.25, 0.3) is 0 Å². The molecule has 18 heavy (non-hydrogen) atoms. The summed E-state index contributed by atoms with van der Waals surface area (Å²) in [4.78, 5) is 2.20. The molecule has 1 aromatic rings. The van der Waals surface area contributed by atoms with Gasteiger partial charge in [-0.3, -0.25) is 10.6 Å². The fourth-order valence-corrected chi connectivity index (χ4v) is 2.85. The van der Waals surface area contributed by atoms with Crippen molar-refractivity contribution in [1.29, 1.82) is 0 Å². The molecule has 0 amide bonds. The largest absolute Gasteiger partial charge is 0.299 e. The molecule has 1 aliphatic heterocycles. The molecule has 0 bridgehead atoms.